The normalized spacial score (nSPS) is 19.9. The maximum atomic E-state index is 12.2. The van der Waals surface area contributed by atoms with Gasteiger partial charge in [0, 0.05) is 12.5 Å². The lowest BCUT2D eigenvalue weighted by Crippen LogP contribution is -2.35. The average Bonchev–Trinajstić information content (AvgIpc) is 3.55. The highest BCUT2D eigenvalue weighted by Crippen LogP contribution is 2.43. The second-order valence-corrected chi connectivity index (χ2v) is 8.72. The van der Waals surface area contributed by atoms with Crippen LogP contribution in [0.5, 0.6) is 0 Å². The molecule has 0 spiro atoms. The summed E-state index contributed by atoms with van der Waals surface area (Å²) in [5, 5.41) is 2.98. The molecule has 2 aliphatic rings. The molecule has 0 saturated heterocycles. The lowest BCUT2D eigenvalue weighted by atomic mass is 9.93. The van der Waals surface area contributed by atoms with E-state index < -0.39 is 0 Å². The number of carbonyl (C=O) groups excluding carboxylic acids is 1. The molecule has 0 heterocycles. The number of allylic oxidation sites excluding steroid dienone is 2. The van der Waals surface area contributed by atoms with E-state index in [1.54, 1.807) is 0 Å². The number of hydrogen-bond donors (Lipinski definition) is 1. The van der Waals surface area contributed by atoms with E-state index in [4.69, 9.17) is 44.3 Å². The van der Waals surface area contributed by atoms with Crippen molar-refractivity contribution in [3.63, 3.8) is 0 Å². The minimum absolute atomic E-state index is 0.149. The number of hydrogen-bond acceptors (Lipinski definition) is 9. The highest BCUT2D eigenvalue weighted by atomic mass is 16.6. The van der Waals surface area contributed by atoms with Crippen LogP contribution in [0.1, 0.15) is 12.8 Å². The fourth-order valence-electron chi connectivity index (χ4n) is 4.13. The van der Waals surface area contributed by atoms with Gasteiger partial charge in [-0.25, -0.2) is 0 Å². The number of rotatable bonds is 26. The first kappa shape index (κ1) is 31.7. The van der Waals surface area contributed by atoms with Crippen LogP contribution in [-0.2, 0) is 42.7 Å². The molecule has 1 amide bonds. The summed E-state index contributed by atoms with van der Waals surface area (Å²) in [5.74, 6) is 3.75. The molecule has 0 aliphatic heterocycles. The van der Waals surface area contributed by atoms with Crippen LogP contribution in [0.3, 0.4) is 0 Å². The van der Waals surface area contributed by atoms with E-state index in [1.165, 1.54) is 0 Å². The third kappa shape index (κ3) is 16.1. The minimum Gasteiger partial charge on any atom is -0.377 e. The number of fused-ring (bicyclic) bond motifs is 2. The van der Waals surface area contributed by atoms with E-state index in [0.717, 1.165) is 12.8 Å². The zero-order valence-corrected chi connectivity index (χ0v) is 22.1. The topological polar surface area (TPSA) is 103 Å². The Bertz CT molecular complexity index is 640. The maximum absolute atomic E-state index is 12.2. The van der Waals surface area contributed by atoms with Gasteiger partial charge in [-0.15, -0.1) is 6.42 Å². The van der Waals surface area contributed by atoms with Crippen molar-refractivity contribution >= 4 is 5.91 Å². The Morgan fingerprint density at radius 1 is 0.649 bits per heavy atom. The van der Waals surface area contributed by atoms with Crippen LogP contribution in [0.2, 0.25) is 0 Å². The summed E-state index contributed by atoms with van der Waals surface area (Å²) in [4.78, 5) is 12.2. The lowest BCUT2D eigenvalue weighted by molar-refractivity contribution is -0.126. The standard InChI is InChI=1S/C27H45NO9/c1-2-6-30-8-10-32-12-14-34-16-18-36-20-21-37-19-17-35-15-13-33-11-9-31-7-5-28-27(29)26-23-24-3-4-25(26)22-24/h1,3-4,24-26H,5-23H2,(H,28,29)/t24-,25+,26+/m0/s1. The Balaban J connectivity index is 1.18. The van der Waals surface area contributed by atoms with Gasteiger partial charge < -0.3 is 43.2 Å². The summed E-state index contributed by atoms with van der Waals surface area (Å²) in [6, 6.07) is 0. The highest BCUT2D eigenvalue weighted by molar-refractivity contribution is 5.79. The van der Waals surface area contributed by atoms with Crippen LogP contribution >= 0.6 is 0 Å². The van der Waals surface area contributed by atoms with Crippen molar-refractivity contribution in [2.75, 3.05) is 112 Å². The Kier molecular flexibility index (Phi) is 19.2. The predicted molar refractivity (Wildman–Crippen MR) is 137 cm³/mol. The van der Waals surface area contributed by atoms with Gasteiger partial charge >= 0.3 is 0 Å². The highest BCUT2D eigenvalue weighted by Gasteiger charge is 2.39. The number of terminal acetylenes is 1. The molecule has 2 bridgehead atoms. The molecule has 1 fully saturated rings. The molecule has 3 atom stereocenters. The smallest absolute Gasteiger partial charge is 0.223 e. The molecule has 0 aromatic heterocycles. The van der Waals surface area contributed by atoms with Gasteiger partial charge in [0.2, 0.25) is 5.91 Å². The first-order valence-electron chi connectivity index (χ1n) is 13.3. The Morgan fingerprint density at radius 3 is 1.46 bits per heavy atom. The minimum atomic E-state index is 0.149. The fourth-order valence-corrected chi connectivity index (χ4v) is 4.13. The van der Waals surface area contributed by atoms with Gasteiger partial charge in [-0.1, -0.05) is 18.1 Å². The van der Waals surface area contributed by atoms with Crippen molar-refractivity contribution in [3.8, 4) is 12.3 Å². The quantitative estimate of drug-likeness (QED) is 0.101. The Labute approximate surface area is 221 Å². The molecule has 0 aromatic carbocycles. The number of amides is 1. The molecule has 0 unspecified atom stereocenters. The van der Waals surface area contributed by atoms with E-state index >= 15 is 0 Å². The first-order chi connectivity index (χ1) is 18.3. The fraction of sp³-hybridized carbons (Fsp3) is 0.815. The van der Waals surface area contributed by atoms with Gasteiger partial charge in [0.05, 0.1) is 99.1 Å². The number of ether oxygens (including phenoxy) is 8. The van der Waals surface area contributed by atoms with Gasteiger partial charge in [0.1, 0.15) is 6.61 Å². The SMILES string of the molecule is C#CCOCCOCCOCCOCCOCCOCCOCCOCCNC(=O)[C@@H]1C[C@H]2C=C[C@@H]1C2. The zero-order valence-electron chi connectivity index (χ0n) is 22.1. The van der Waals surface area contributed by atoms with Crippen LogP contribution in [0, 0.1) is 30.1 Å². The van der Waals surface area contributed by atoms with Crippen molar-refractivity contribution in [2.24, 2.45) is 17.8 Å². The van der Waals surface area contributed by atoms with Gasteiger partial charge in [0.15, 0.2) is 0 Å². The molecule has 2 rings (SSSR count). The first-order valence-corrected chi connectivity index (χ1v) is 13.3. The molecule has 2 aliphatic carbocycles. The predicted octanol–water partition coefficient (Wildman–Crippen LogP) is 1.08. The molecular formula is C27H45NO9. The zero-order chi connectivity index (χ0) is 26.2. The summed E-state index contributed by atoms with van der Waals surface area (Å²) < 4.78 is 43.1. The molecule has 10 heteroatoms. The summed E-state index contributed by atoms with van der Waals surface area (Å²) >= 11 is 0. The van der Waals surface area contributed by atoms with Crippen molar-refractivity contribution in [2.45, 2.75) is 12.8 Å². The maximum Gasteiger partial charge on any atom is 0.223 e. The monoisotopic (exact) mass is 527 g/mol. The second-order valence-electron chi connectivity index (χ2n) is 8.72. The third-order valence-corrected chi connectivity index (χ3v) is 5.95. The average molecular weight is 528 g/mol. The van der Waals surface area contributed by atoms with Crippen molar-refractivity contribution < 1.29 is 42.7 Å². The van der Waals surface area contributed by atoms with E-state index in [1.807, 2.05) is 0 Å². The molecule has 37 heavy (non-hydrogen) atoms. The Hall–Kier alpha value is -1.55. The van der Waals surface area contributed by atoms with Crippen LogP contribution in [0.4, 0.5) is 0 Å². The number of carbonyl (C=O) groups is 1. The van der Waals surface area contributed by atoms with Crippen LogP contribution in [-0.4, -0.2) is 118 Å². The molecular weight excluding hydrogens is 482 g/mol. The molecule has 1 saturated carbocycles. The van der Waals surface area contributed by atoms with Crippen LogP contribution in [0.15, 0.2) is 12.2 Å². The van der Waals surface area contributed by atoms with E-state index in [-0.39, 0.29) is 11.8 Å². The molecule has 0 aromatic rings. The lowest BCUT2D eigenvalue weighted by Gasteiger charge is -2.17. The van der Waals surface area contributed by atoms with Gasteiger partial charge in [-0.05, 0) is 24.7 Å². The Morgan fingerprint density at radius 2 is 1.08 bits per heavy atom. The van der Waals surface area contributed by atoms with Crippen LogP contribution < -0.4 is 5.32 Å². The van der Waals surface area contributed by atoms with E-state index in [0.29, 0.717) is 124 Å². The van der Waals surface area contributed by atoms with Gasteiger partial charge in [-0.3, -0.25) is 4.79 Å². The third-order valence-electron chi connectivity index (χ3n) is 5.95. The molecule has 1 N–H and O–H groups in total. The molecule has 212 valence electrons. The molecule has 10 nitrogen and oxygen atoms in total. The van der Waals surface area contributed by atoms with Gasteiger partial charge in [-0.2, -0.15) is 0 Å². The largest absolute Gasteiger partial charge is 0.377 e. The van der Waals surface area contributed by atoms with E-state index in [2.05, 4.69) is 23.4 Å². The summed E-state index contributed by atoms with van der Waals surface area (Å²) in [7, 11) is 0. The second kappa shape index (κ2) is 22.4. The van der Waals surface area contributed by atoms with Crippen molar-refractivity contribution in [3.05, 3.63) is 12.2 Å². The van der Waals surface area contributed by atoms with E-state index in [9.17, 15) is 4.79 Å². The van der Waals surface area contributed by atoms with Crippen molar-refractivity contribution in [1.82, 2.24) is 5.32 Å². The molecule has 0 radical (unpaired) electrons. The number of nitrogens with one attached hydrogen (secondary N) is 1. The van der Waals surface area contributed by atoms with Crippen LogP contribution in [0.25, 0.3) is 0 Å². The van der Waals surface area contributed by atoms with Gasteiger partial charge in [0.25, 0.3) is 0 Å². The summed E-state index contributed by atoms with van der Waals surface area (Å²) in [6.07, 6.45) is 11.6. The van der Waals surface area contributed by atoms with Crippen molar-refractivity contribution in [1.29, 1.82) is 0 Å². The summed E-state index contributed by atoms with van der Waals surface area (Å²) in [6.45, 7) is 8.46. The summed E-state index contributed by atoms with van der Waals surface area (Å²) in [5.41, 5.74) is 0.